The molecular formula is C37H28ClN3O3S. The van der Waals surface area contributed by atoms with E-state index in [2.05, 4.69) is 24.3 Å². The number of thiazole rings is 1. The van der Waals surface area contributed by atoms with Crippen molar-refractivity contribution in [1.29, 1.82) is 5.26 Å². The van der Waals surface area contributed by atoms with Crippen LogP contribution in [0.4, 0.5) is 0 Å². The number of aromatic nitrogens is 1. The Hall–Kier alpha value is -4.90. The van der Waals surface area contributed by atoms with Gasteiger partial charge in [-0.2, -0.15) is 5.26 Å². The Bertz CT molecular complexity index is 2210. The normalized spacial score (nSPS) is 15.4. The summed E-state index contributed by atoms with van der Waals surface area (Å²) >= 11 is 8.15. The first-order valence-corrected chi connectivity index (χ1v) is 16.0. The number of benzene rings is 4. The van der Waals surface area contributed by atoms with Crippen LogP contribution in [0.1, 0.15) is 52.8 Å². The molecule has 222 valence electrons. The van der Waals surface area contributed by atoms with E-state index in [9.17, 15) is 10.1 Å². The van der Waals surface area contributed by atoms with Crippen molar-refractivity contribution >= 4 is 34.7 Å². The molecule has 0 amide bonds. The lowest BCUT2D eigenvalue weighted by atomic mass is 9.83. The fourth-order valence-corrected chi connectivity index (χ4v) is 7.30. The smallest absolute Gasteiger partial charge is 0.271 e. The van der Waals surface area contributed by atoms with Gasteiger partial charge in [-0.25, -0.2) is 4.99 Å². The van der Waals surface area contributed by atoms with Crippen LogP contribution in [0.5, 0.6) is 11.5 Å². The Kier molecular flexibility index (Phi) is 7.85. The molecule has 6 nitrogen and oxygen atoms in total. The van der Waals surface area contributed by atoms with Gasteiger partial charge in [0.2, 0.25) is 0 Å². The van der Waals surface area contributed by atoms with E-state index in [0.29, 0.717) is 38.0 Å². The van der Waals surface area contributed by atoms with Crippen LogP contribution in [0.3, 0.4) is 0 Å². The largest absolute Gasteiger partial charge is 0.490 e. The molecule has 1 aliphatic carbocycles. The number of hydrogen-bond donors (Lipinski definition) is 0. The topological polar surface area (TPSA) is 76.6 Å². The van der Waals surface area contributed by atoms with Gasteiger partial charge in [0.25, 0.3) is 5.56 Å². The van der Waals surface area contributed by atoms with Crippen LogP contribution in [-0.4, -0.2) is 11.2 Å². The molecule has 1 unspecified atom stereocenters. The van der Waals surface area contributed by atoms with Gasteiger partial charge in [0.05, 0.1) is 34.5 Å². The third-order valence-electron chi connectivity index (χ3n) is 8.16. The lowest BCUT2D eigenvalue weighted by Crippen LogP contribution is -2.38. The van der Waals surface area contributed by atoms with E-state index in [4.69, 9.17) is 26.1 Å². The zero-order valence-corrected chi connectivity index (χ0v) is 26.1. The van der Waals surface area contributed by atoms with Gasteiger partial charge in [-0.05, 0) is 72.4 Å². The third-order valence-corrected chi connectivity index (χ3v) is 9.49. The van der Waals surface area contributed by atoms with Crippen LogP contribution in [0.15, 0.2) is 106 Å². The van der Waals surface area contributed by atoms with Gasteiger partial charge in [-0.3, -0.25) is 9.36 Å². The van der Waals surface area contributed by atoms with E-state index >= 15 is 0 Å². The summed E-state index contributed by atoms with van der Waals surface area (Å²) in [6, 6.07) is 31.0. The molecule has 2 heterocycles. The first-order valence-electron chi connectivity index (χ1n) is 14.8. The fraction of sp³-hybridized carbons (Fsp3) is 0.162. The molecule has 0 spiro atoms. The Balaban J connectivity index is 1.31. The second-order valence-corrected chi connectivity index (χ2v) is 12.2. The van der Waals surface area contributed by atoms with Gasteiger partial charge < -0.3 is 9.47 Å². The highest BCUT2D eigenvalue weighted by Gasteiger charge is 2.33. The standard InChI is InChI=1S/C37H28ClN3O3S/c1-2-43-32-19-23(15-18-31(32)44-22-26-11-4-3-10-25(26)21-39)20-33-36(42)41-35(28-13-7-8-14-30(28)38)29-17-16-24-9-5-6-12-27(24)34(29)40-37(41)45-33/h3-15,18-20,35H,2,16-17,22H2,1H3/b33-20+. The zero-order chi connectivity index (χ0) is 30.9. The summed E-state index contributed by atoms with van der Waals surface area (Å²) in [5.74, 6) is 1.13. The number of nitriles is 1. The second kappa shape index (κ2) is 12.2. The molecule has 0 radical (unpaired) electrons. The van der Waals surface area contributed by atoms with Gasteiger partial charge in [0.15, 0.2) is 16.3 Å². The van der Waals surface area contributed by atoms with Crippen molar-refractivity contribution in [2.75, 3.05) is 6.61 Å². The summed E-state index contributed by atoms with van der Waals surface area (Å²) in [6.45, 7) is 2.59. The molecule has 0 fully saturated rings. The first-order chi connectivity index (χ1) is 22.1. The highest BCUT2D eigenvalue weighted by Crippen LogP contribution is 2.42. The number of ether oxygens (including phenoxy) is 2. The number of rotatable bonds is 7. The quantitative estimate of drug-likeness (QED) is 0.198. The highest BCUT2D eigenvalue weighted by molar-refractivity contribution is 7.07. The molecule has 8 heteroatoms. The first kappa shape index (κ1) is 28.8. The Labute approximate surface area is 269 Å². The molecule has 4 aromatic carbocycles. The van der Waals surface area contributed by atoms with Crippen LogP contribution in [-0.2, 0) is 13.0 Å². The van der Waals surface area contributed by atoms with E-state index in [0.717, 1.165) is 46.4 Å². The summed E-state index contributed by atoms with van der Waals surface area (Å²) in [7, 11) is 0. The lowest BCUT2D eigenvalue weighted by molar-refractivity contribution is 0.269. The van der Waals surface area contributed by atoms with Crippen LogP contribution >= 0.6 is 22.9 Å². The van der Waals surface area contributed by atoms with E-state index in [-0.39, 0.29) is 18.2 Å². The summed E-state index contributed by atoms with van der Waals surface area (Å²) in [4.78, 5) is 19.9. The second-order valence-electron chi connectivity index (χ2n) is 10.8. The number of hydrogen-bond acceptors (Lipinski definition) is 6. The monoisotopic (exact) mass is 629 g/mol. The SMILES string of the molecule is CCOc1cc(/C=c2/sc3n(c2=O)C(c2ccccc2Cl)C2=C(N=3)c3ccccc3CC2)ccc1OCc1ccccc1C#N. The van der Waals surface area contributed by atoms with Crippen molar-refractivity contribution in [2.45, 2.75) is 32.4 Å². The molecule has 0 N–H and O–H groups in total. The predicted octanol–water partition coefficient (Wildman–Crippen LogP) is 6.82. The Morgan fingerprint density at radius 2 is 1.80 bits per heavy atom. The molecule has 1 atom stereocenters. The highest BCUT2D eigenvalue weighted by atomic mass is 35.5. The van der Waals surface area contributed by atoms with E-state index in [1.165, 1.54) is 16.9 Å². The molecule has 45 heavy (non-hydrogen) atoms. The van der Waals surface area contributed by atoms with Crippen molar-refractivity contribution in [1.82, 2.24) is 4.57 Å². The minimum absolute atomic E-state index is 0.111. The average Bonchev–Trinajstić information content (AvgIpc) is 3.37. The molecule has 0 bridgehead atoms. The summed E-state index contributed by atoms with van der Waals surface area (Å²) in [6.07, 6.45) is 3.56. The molecule has 2 aliphatic rings. The van der Waals surface area contributed by atoms with E-state index < -0.39 is 0 Å². The Morgan fingerprint density at radius 3 is 2.64 bits per heavy atom. The van der Waals surface area contributed by atoms with Crippen molar-refractivity contribution in [3.05, 3.63) is 155 Å². The number of halogens is 1. The minimum atomic E-state index is -0.341. The van der Waals surface area contributed by atoms with Gasteiger partial charge in [0.1, 0.15) is 6.61 Å². The molecule has 0 saturated heterocycles. The van der Waals surface area contributed by atoms with E-state index in [1.54, 1.807) is 10.6 Å². The maximum Gasteiger partial charge on any atom is 0.271 e. The molecule has 7 rings (SSSR count). The van der Waals surface area contributed by atoms with Crippen LogP contribution < -0.4 is 24.4 Å². The summed E-state index contributed by atoms with van der Waals surface area (Å²) in [5.41, 5.74) is 7.38. The summed E-state index contributed by atoms with van der Waals surface area (Å²) < 4.78 is 14.4. The van der Waals surface area contributed by atoms with Gasteiger partial charge in [0, 0.05) is 16.1 Å². The molecule has 5 aromatic rings. The molecule has 1 aromatic heterocycles. The number of nitrogens with zero attached hydrogens (tertiary/aromatic N) is 3. The maximum atomic E-state index is 14.2. The van der Waals surface area contributed by atoms with Gasteiger partial charge >= 0.3 is 0 Å². The van der Waals surface area contributed by atoms with Gasteiger partial charge in [-0.15, -0.1) is 0 Å². The van der Waals surface area contributed by atoms with Crippen LogP contribution in [0, 0.1) is 11.3 Å². The minimum Gasteiger partial charge on any atom is -0.490 e. The fourth-order valence-electron chi connectivity index (χ4n) is 6.06. The van der Waals surface area contributed by atoms with Gasteiger partial charge in [-0.1, -0.05) is 89.7 Å². The van der Waals surface area contributed by atoms with Crippen molar-refractivity contribution < 1.29 is 9.47 Å². The lowest BCUT2D eigenvalue weighted by Gasteiger charge is -2.31. The van der Waals surface area contributed by atoms with Crippen LogP contribution in [0.2, 0.25) is 5.02 Å². The van der Waals surface area contributed by atoms with Crippen molar-refractivity contribution in [2.24, 2.45) is 4.99 Å². The number of allylic oxidation sites excluding steroid dienone is 1. The third kappa shape index (κ3) is 5.37. The number of fused-ring (bicyclic) bond motifs is 3. The number of aryl methyl sites for hydroxylation is 1. The van der Waals surface area contributed by atoms with Crippen LogP contribution in [0.25, 0.3) is 11.8 Å². The molecule has 1 aliphatic heterocycles. The summed E-state index contributed by atoms with van der Waals surface area (Å²) in [5, 5.41) is 10.1. The molecular weight excluding hydrogens is 602 g/mol. The molecule has 0 saturated carbocycles. The maximum absolute atomic E-state index is 14.2. The zero-order valence-electron chi connectivity index (χ0n) is 24.5. The Morgan fingerprint density at radius 1 is 1.00 bits per heavy atom. The average molecular weight is 630 g/mol. The van der Waals surface area contributed by atoms with Crippen molar-refractivity contribution in [3.63, 3.8) is 0 Å². The van der Waals surface area contributed by atoms with Crippen molar-refractivity contribution in [3.8, 4) is 17.6 Å². The van der Waals surface area contributed by atoms with E-state index in [1.807, 2.05) is 79.7 Å². The predicted molar refractivity (Wildman–Crippen MR) is 177 cm³/mol.